The van der Waals surface area contributed by atoms with Gasteiger partial charge in [-0.15, -0.1) is 11.3 Å². The monoisotopic (exact) mass is 362 g/mol. The summed E-state index contributed by atoms with van der Waals surface area (Å²) in [5, 5.41) is 2.05. The molecule has 1 aromatic heterocycles. The lowest BCUT2D eigenvalue weighted by atomic mass is 9.81. The van der Waals surface area contributed by atoms with Gasteiger partial charge in [-0.25, -0.2) is 0 Å². The van der Waals surface area contributed by atoms with Crippen LogP contribution in [-0.2, 0) is 16.0 Å². The highest BCUT2D eigenvalue weighted by Crippen LogP contribution is 2.37. The molecule has 0 aliphatic carbocycles. The molecule has 3 fully saturated rings. The molecule has 4 heterocycles. The van der Waals surface area contributed by atoms with Crippen molar-refractivity contribution in [2.45, 2.75) is 63.0 Å². The number of thiophene rings is 1. The van der Waals surface area contributed by atoms with Gasteiger partial charge in [-0.2, -0.15) is 0 Å². The second kappa shape index (κ2) is 7.77. The number of rotatable bonds is 3. The van der Waals surface area contributed by atoms with E-state index < -0.39 is 0 Å². The van der Waals surface area contributed by atoms with E-state index in [1.807, 2.05) is 11.4 Å². The minimum absolute atomic E-state index is 0.0279. The summed E-state index contributed by atoms with van der Waals surface area (Å²) >= 11 is 1.68. The van der Waals surface area contributed by atoms with E-state index in [-0.39, 0.29) is 11.5 Å². The Bertz CT molecular complexity index is 560. The topological polar surface area (TPSA) is 32.8 Å². The molecule has 0 radical (unpaired) electrons. The van der Waals surface area contributed by atoms with Crippen molar-refractivity contribution in [3.05, 3.63) is 22.4 Å². The maximum Gasteiger partial charge on any atom is 0.227 e. The number of hydrogen-bond donors (Lipinski definition) is 0. The van der Waals surface area contributed by atoms with E-state index in [9.17, 15) is 4.79 Å². The molecule has 4 rings (SSSR count). The number of ether oxygens (including phenoxy) is 1. The van der Waals surface area contributed by atoms with Gasteiger partial charge in [0.25, 0.3) is 0 Å². The Hall–Kier alpha value is -0.910. The van der Waals surface area contributed by atoms with Gasteiger partial charge in [0.05, 0.1) is 12.0 Å². The normalized spacial score (nSPS) is 27.5. The molecule has 138 valence electrons. The van der Waals surface area contributed by atoms with Crippen LogP contribution in [-0.4, -0.2) is 60.1 Å². The SMILES string of the molecule is O=C(Cc1cccs1)N1CCC2(CC1)CC(N1CCCCC1)CCO2. The zero-order chi connectivity index (χ0) is 17.1. The Balaban J connectivity index is 1.31. The standard InChI is InChI=1S/C20H30N2O2S/c23-19(15-18-5-4-14-25-18)22-11-7-20(8-12-22)16-17(6-13-24-20)21-9-2-1-3-10-21/h4-5,14,17H,1-3,6-13,15-16H2. The number of likely N-dealkylation sites (tertiary alicyclic amines) is 2. The van der Waals surface area contributed by atoms with E-state index >= 15 is 0 Å². The molecule has 0 bridgehead atoms. The van der Waals surface area contributed by atoms with Crippen molar-refractivity contribution in [1.29, 1.82) is 0 Å². The van der Waals surface area contributed by atoms with Crippen molar-refractivity contribution in [3.63, 3.8) is 0 Å². The lowest BCUT2D eigenvalue weighted by Gasteiger charge is -2.49. The predicted octanol–water partition coefficient (Wildman–Crippen LogP) is 3.32. The second-order valence-electron chi connectivity index (χ2n) is 7.91. The summed E-state index contributed by atoms with van der Waals surface area (Å²) in [6, 6.07) is 4.78. The molecule has 1 spiro atoms. The molecule has 1 atom stereocenters. The maximum atomic E-state index is 12.5. The highest BCUT2D eigenvalue weighted by molar-refractivity contribution is 7.10. The van der Waals surface area contributed by atoms with Crippen LogP contribution < -0.4 is 0 Å². The third-order valence-electron chi connectivity index (χ3n) is 6.31. The number of nitrogens with zero attached hydrogens (tertiary/aromatic N) is 2. The predicted molar refractivity (Wildman–Crippen MR) is 101 cm³/mol. The average molecular weight is 363 g/mol. The Labute approximate surface area is 155 Å². The number of hydrogen-bond acceptors (Lipinski definition) is 4. The molecule has 3 aliphatic heterocycles. The van der Waals surface area contributed by atoms with Gasteiger partial charge in [0.1, 0.15) is 0 Å². The van der Waals surface area contributed by atoms with Crippen molar-refractivity contribution in [1.82, 2.24) is 9.80 Å². The fraction of sp³-hybridized carbons (Fsp3) is 0.750. The molecule has 3 aliphatic rings. The van der Waals surface area contributed by atoms with Crippen molar-refractivity contribution in [3.8, 4) is 0 Å². The van der Waals surface area contributed by atoms with E-state index in [0.29, 0.717) is 12.5 Å². The van der Waals surface area contributed by atoms with E-state index in [2.05, 4.69) is 15.9 Å². The molecule has 25 heavy (non-hydrogen) atoms. The van der Waals surface area contributed by atoms with Gasteiger partial charge >= 0.3 is 0 Å². The zero-order valence-electron chi connectivity index (χ0n) is 15.1. The lowest BCUT2D eigenvalue weighted by molar-refractivity contribution is -0.149. The van der Waals surface area contributed by atoms with Crippen LogP contribution in [0.5, 0.6) is 0 Å². The van der Waals surface area contributed by atoms with Crippen LogP contribution in [0.1, 0.15) is 49.8 Å². The van der Waals surface area contributed by atoms with Crippen molar-refractivity contribution in [2.75, 3.05) is 32.8 Å². The van der Waals surface area contributed by atoms with Gasteiger partial charge in [-0.3, -0.25) is 4.79 Å². The van der Waals surface area contributed by atoms with Crippen LogP contribution in [0.15, 0.2) is 17.5 Å². The summed E-state index contributed by atoms with van der Waals surface area (Å²) in [6.07, 6.45) is 9.03. The van der Waals surface area contributed by atoms with Gasteiger partial charge in [-0.1, -0.05) is 12.5 Å². The molecule has 0 N–H and O–H groups in total. The summed E-state index contributed by atoms with van der Waals surface area (Å²) in [4.78, 5) is 18.5. The minimum Gasteiger partial charge on any atom is -0.375 e. The molecular formula is C20H30N2O2S. The fourth-order valence-corrected chi connectivity index (χ4v) is 5.48. The largest absolute Gasteiger partial charge is 0.375 e. The molecule has 1 unspecified atom stereocenters. The Kier molecular flexibility index (Phi) is 5.44. The highest BCUT2D eigenvalue weighted by atomic mass is 32.1. The fourth-order valence-electron chi connectivity index (χ4n) is 4.78. The van der Waals surface area contributed by atoms with Gasteiger partial charge in [-0.05, 0) is 63.1 Å². The highest BCUT2D eigenvalue weighted by Gasteiger charge is 2.42. The summed E-state index contributed by atoms with van der Waals surface area (Å²) in [6.45, 7) is 5.15. The van der Waals surface area contributed by atoms with Crippen LogP contribution in [0.25, 0.3) is 0 Å². The van der Waals surface area contributed by atoms with Crippen LogP contribution in [0.2, 0.25) is 0 Å². The molecule has 4 nitrogen and oxygen atoms in total. The van der Waals surface area contributed by atoms with Crippen LogP contribution in [0.4, 0.5) is 0 Å². The van der Waals surface area contributed by atoms with Crippen molar-refractivity contribution < 1.29 is 9.53 Å². The molecule has 1 aromatic rings. The zero-order valence-corrected chi connectivity index (χ0v) is 15.9. The van der Waals surface area contributed by atoms with E-state index in [1.165, 1.54) is 50.1 Å². The van der Waals surface area contributed by atoms with E-state index in [0.717, 1.165) is 32.5 Å². The van der Waals surface area contributed by atoms with Crippen molar-refractivity contribution >= 4 is 17.2 Å². The number of carbonyl (C=O) groups is 1. The Morgan fingerprint density at radius 2 is 2.00 bits per heavy atom. The smallest absolute Gasteiger partial charge is 0.227 e. The Morgan fingerprint density at radius 3 is 2.72 bits per heavy atom. The summed E-state index contributed by atoms with van der Waals surface area (Å²) in [5.74, 6) is 0.278. The molecular weight excluding hydrogens is 332 g/mol. The minimum atomic E-state index is 0.0279. The van der Waals surface area contributed by atoms with E-state index in [1.54, 1.807) is 11.3 Å². The summed E-state index contributed by atoms with van der Waals surface area (Å²) < 4.78 is 6.30. The quantitative estimate of drug-likeness (QED) is 0.827. The first kappa shape index (κ1) is 17.5. The van der Waals surface area contributed by atoms with Gasteiger partial charge in [0, 0.05) is 30.6 Å². The third kappa shape index (κ3) is 4.09. The van der Waals surface area contributed by atoms with Crippen molar-refractivity contribution in [2.24, 2.45) is 0 Å². The third-order valence-corrected chi connectivity index (χ3v) is 7.18. The summed E-state index contributed by atoms with van der Waals surface area (Å²) in [5.41, 5.74) is 0.0279. The lowest BCUT2D eigenvalue weighted by Crippen LogP contribution is -2.55. The molecule has 0 aromatic carbocycles. The van der Waals surface area contributed by atoms with Crippen LogP contribution in [0, 0.1) is 0 Å². The van der Waals surface area contributed by atoms with Gasteiger partial charge in [0.15, 0.2) is 0 Å². The van der Waals surface area contributed by atoms with Crippen LogP contribution >= 0.6 is 11.3 Å². The average Bonchev–Trinajstić information content (AvgIpc) is 3.16. The maximum absolute atomic E-state index is 12.5. The molecule has 3 saturated heterocycles. The van der Waals surface area contributed by atoms with Gasteiger partial charge < -0.3 is 14.5 Å². The number of carbonyl (C=O) groups excluding carboxylic acids is 1. The van der Waals surface area contributed by atoms with Gasteiger partial charge in [0.2, 0.25) is 5.91 Å². The van der Waals surface area contributed by atoms with E-state index in [4.69, 9.17) is 4.74 Å². The molecule has 1 amide bonds. The first-order valence-corrected chi connectivity index (χ1v) is 10.8. The summed E-state index contributed by atoms with van der Waals surface area (Å²) in [7, 11) is 0. The molecule has 0 saturated carbocycles. The first-order chi connectivity index (χ1) is 12.2. The Morgan fingerprint density at radius 1 is 1.20 bits per heavy atom. The molecule has 5 heteroatoms. The second-order valence-corrected chi connectivity index (χ2v) is 8.94. The first-order valence-electron chi connectivity index (χ1n) is 9.92. The number of piperidine rings is 2. The number of amides is 1. The van der Waals surface area contributed by atoms with Crippen LogP contribution in [0.3, 0.4) is 0 Å².